The molecule has 1 unspecified atom stereocenters. The van der Waals surface area contributed by atoms with E-state index in [1.54, 1.807) is 0 Å². The lowest BCUT2D eigenvalue weighted by Gasteiger charge is -2.18. The number of rotatable bonds is 62. The molecule has 0 aromatic rings. The topological polar surface area (TPSA) is 78.9 Å². The van der Waals surface area contributed by atoms with E-state index in [9.17, 15) is 14.4 Å². The number of unbranched alkanes of at least 4 members (excludes halogenated alkanes) is 37. The van der Waals surface area contributed by atoms with E-state index in [4.69, 9.17) is 14.2 Å². The normalized spacial score (nSPS) is 12.6. The van der Waals surface area contributed by atoms with Crippen LogP contribution in [0.5, 0.6) is 0 Å². The van der Waals surface area contributed by atoms with Crippen molar-refractivity contribution in [2.75, 3.05) is 13.2 Å². The van der Waals surface area contributed by atoms with Gasteiger partial charge in [-0.3, -0.25) is 14.4 Å². The van der Waals surface area contributed by atoms with Crippen LogP contribution in [-0.4, -0.2) is 37.2 Å². The van der Waals surface area contributed by atoms with Crippen LogP contribution in [0.4, 0.5) is 0 Å². The molecule has 0 saturated carbocycles. The minimum absolute atomic E-state index is 0.0914. The summed E-state index contributed by atoms with van der Waals surface area (Å²) in [4.78, 5) is 38.4. The van der Waals surface area contributed by atoms with Gasteiger partial charge in [0.2, 0.25) is 0 Å². The number of hydrogen-bond donors (Lipinski definition) is 0. The minimum Gasteiger partial charge on any atom is -0.462 e. The molecule has 0 N–H and O–H groups in total. The lowest BCUT2D eigenvalue weighted by molar-refractivity contribution is -0.167. The van der Waals surface area contributed by atoms with Crippen LogP contribution in [0.25, 0.3) is 0 Å². The Morgan fingerprint density at radius 1 is 0.266 bits per heavy atom. The van der Waals surface area contributed by atoms with Crippen LogP contribution in [0.1, 0.15) is 342 Å². The minimum atomic E-state index is -0.800. The van der Waals surface area contributed by atoms with E-state index in [2.05, 4.69) is 106 Å². The highest BCUT2D eigenvalue weighted by Gasteiger charge is 2.19. The molecule has 0 saturated heterocycles. The predicted molar refractivity (Wildman–Crippen MR) is 344 cm³/mol. The number of carbonyl (C=O) groups is 3. The maximum atomic E-state index is 12.9. The van der Waals surface area contributed by atoms with Gasteiger partial charge in [-0.1, -0.05) is 318 Å². The molecule has 0 aliphatic heterocycles. The van der Waals surface area contributed by atoms with Gasteiger partial charge in [-0.25, -0.2) is 0 Å². The standard InChI is InChI=1S/C73H128O6/c1-4-7-10-13-16-19-22-25-28-31-33-34-35-36-37-38-40-42-45-48-51-54-57-60-63-66-72(75)78-69-70(68-77-71(74)65-62-59-56-53-50-47-44-41-30-27-24-21-18-15-12-9-6-3)79-73(76)67-64-61-58-55-52-49-46-43-39-32-29-26-23-20-17-14-11-8-5-2/h9,12,18,21-22,25,27,30-31,33,44,47,53,56,70H,4-8,10-11,13-17,19-20,23-24,26,28-29,32,34-43,45-46,48-52,54-55,57-69H2,1-3H3/b12-9-,21-18-,25-22-,30-27-,33-31-,47-44-,56-53-. The molecule has 0 aliphatic carbocycles. The van der Waals surface area contributed by atoms with Crippen molar-refractivity contribution < 1.29 is 28.6 Å². The Morgan fingerprint density at radius 3 is 0.823 bits per heavy atom. The molecular formula is C73H128O6. The van der Waals surface area contributed by atoms with Gasteiger partial charge < -0.3 is 14.2 Å². The van der Waals surface area contributed by atoms with Gasteiger partial charge >= 0.3 is 17.9 Å². The summed E-state index contributed by atoms with van der Waals surface area (Å²) in [5.41, 5.74) is 0. The summed E-state index contributed by atoms with van der Waals surface area (Å²) in [7, 11) is 0. The van der Waals surface area contributed by atoms with Crippen molar-refractivity contribution in [3.05, 3.63) is 85.1 Å². The lowest BCUT2D eigenvalue weighted by atomic mass is 10.0. The molecule has 0 radical (unpaired) electrons. The summed E-state index contributed by atoms with van der Waals surface area (Å²) in [5, 5.41) is 0. The van der Waals surface area contributed by atoms with Crippen molar-refractivity contribution in [1.29, 1.82) is 0 Å². The molecule has 456 valence electrons. The third-order valence-corrected chi connectivity index (χ3v) is 14.9. The van der Waals surface area contributed by atoms with Crippen LogP contribution in [0.15, 0.2) is 85.1 Å². The van der Waals surface area contributed by atoms with E-state index in [-0.39, 0.29) is 37.5 Å². The number of allylic oxidation sites excluding steroid dienone is 14. The molecule has 6 heteroatoms. The Morgan fingerprint density at radius 2 is 0.506 bits per heavy atom. The first-order valence-electron chi connectivity index (χ1n) is 34.1. The molecule has 0 rings (SSSR count). The monoisotopic (exact) mass is 1100 g/mol. The number of ether oxygens (including phenoxy) is 3. The Labute approximate surface area is 490 Å². The molecule has 0 spiro atoms. The summed E-state index contributed by atoms with van der Waals surface area (Å²) < 4.78 is 16.9. The summed E-state index contributed by atoms with van der Waals surface area (Å²) in [6, 6.07) is 0. The molecule has 0 aliphatic rings. The second kappa shape index (κ2) is 67.1. The summed E-state index contributed by atoms with van der Waals surface area (Å²) in [5.74, 6) is -0.935. The summed E-state index contributed by atoms with van der Waals surface area (Å²) in [6.07, 6.45) is 88.9. The highest BCUT2D eigenvalue weighted by Crippen LogP contribution is 2.17. The molecule has 0 amide bonds. The highest BCUT2D eigenvalue weighted by atomic mass is 16.6. The molecule has 0 fully saturated rings. The van der Waals surface area contributed by atoms with Crippen molar-refractivity contribution in [3.63, 3.8) is 0 Å². The van der Waals surface area contributed by atoms with E-state index in [1.165, 1.54) is 212 Å². The van der Waals surface area contributed by atoms with E-state index in [1.807, 2.05) is 0 Å². The number of hydrogen-bond acceptors (Lipinski definition) is 6. The van der Waals surface area contributed by atoms with Crippen LogP contribution in [0, 0.1) is 0 Å². The summed E-state index contributed by atoms with van der Waals surface area (Å²) >= 11 is 0. The van der Waals surface area contributed by atoms with Crippen molar-refractivity contribution in [2.45, 2.75) is 348 Å². The average Bonchev–Trinajstić information content (AvgIpc) is 3.45. The van der Waals surface area contributed by atoms with Gasteiger partial charge in [0, 0.05) is 19.3 Å². The fourth-order valence-corrected chi connectivity index (χ4v) is 9.81. The Hall–Kier alpha value is -3.41. The SMILES string of the molecule is CC/C=C\C/C=C\C/C=C\C/C=C\C/C=C\CCCC(=O)OCC(COC(=O)CCCCCCCCCCCCCCC/C=C\C/C=C\CCCCCCC)OC(=O)CCCCCCCCCCCCCCCCCCCCC. The zero-order chi connectivity index (χ0) is 57.1. The van der Waals surface area contributed by atoms with Gasteiger partial charge in [-0.05, 0) is 89.9 Å². The molecule has 1 atom stereocenters. The van der Waals surface area contributed by atoms with Crippen LogP contribution in [-0.2, 0) is 28.6 Å². The second-order valence-electron chi connectivity index (χ2n) is 22.7. The highest BCUT2D eigenvalue weighted by molar-refractivity contribution is 5.71. The zero-order valence-electron chi connectivity index (χ0n) is 52.4. The fourth-order valence-electron chi connectivity index (χ4n) is 9.81. The van der Waals surface area contributed by atoms with Crippen LogP contribution >= 0.6 is 0 Å². The quantitative estimate of drug-likeness (QED) is 0.0261. The van der Waals surface area contributed by atoms with E-state index >= 15 is 0 Å². The van der Waals surface area contributed by atoms with Gasteiger partial charge in [0.15, 0.2) is 6.10 Å². The molecular weight excluding hydrogens is 973 g/mol. The molecule has 79 heavy (non-hydrogen) atoms. The third-order valence-electron chi connectivity index (χ3n) is 14.9. The van der Waals surface area contributed by atoms with Crippen molar-refractivity contribution in [1.82, 2.24) is 0 Å². The lowest BCUT2D eigenvalue weighted by Crippen LogP contribution is -2.30. The largest absolute Gasteiger partial charge is 0.462 e. The van der Waals surface area contributed by atoms with Crippen molar-refractivity contribution in [3.8, 4) is 0 Å². The first-order chi connectivity index (χ1) is 39.0. The molecule has 0 heterocycles. The first-order valence-corrected chi connectivity index (χ1v) is 34.1. The first kappa shape index (κ1) is 75.6. The van der Waals surface area contributed by atoms with Crippen LogP contribution < -0.4 is 0 Å². The van der Waals surface area contributed by atoms with Crippen LogP contribution in [0.3, 0.4) is 0 Å². The maximum Gasteiger partial charge on any atom is 0.306 e. The van der Waals surface area contributed by atoms with E-state index < -0.39 is 6.10 Å². The summed E-state index contributed by atoms with van der Waals surface area (Å²) in [6.45, 7) is 6.52. The Bertz CT molecular complexity index is 1500. The number of carbonyl (C=O) groups excluding carboxylic acids is 3. The van der Waals surface area contributed by atoms with Crippen molar-refractivity contribution >= 4 is 17.9 Å². The molecule has 0 aromatic carbocycles. The molecule has 0 aromatic heterocycles. The van der Waals surface area contributed by atoms with Crippen molar-refractivity contribution in [2.24, 2.45) is 0 Å². The zero-order valence-corrected chi connectivity index (χ0v) is 52.4. The van der Waals surface area contributed by atoms with Gasteiger partial charge in [0.25, 0.3) is 0 Å². The van der Waals surface area contributed by atoms with Gasteiger partial charge in [-0.15, -0.1) is 0 Å². The number of esters is 3. The molecule has 6 nitrogen and oxygen atoms in total. The Kier molecular flexibility index (Phi) is 64.2. The third kappa shape index (κ3) is 65.3. The Balaban J connectivity index is 4.37. The van der Waals surface area contributed by atoms with E-state index in [0.717, 1.165) is 83.5 Å². The van der Waals surface area contributed by atoms with Gasteiger partial charge in [0.1, 0.15) is 13.2 Å². The van der Waals surface area contributed by atoms with E-state index in [0.29, 0.717) is 19.3 Å². The molecule has 0 bridgehead atoms. The smallest absolute Gasteiger partial charge is 0.306 e. The second-order valence-corrected chi connectivity index (χ2v) is 22.7. The maximum absolute atomic E-state index is 12.9. The van der Waals surface area contributed by atoms with Gasteiger partial charge in [0.05, 0.1) is 0 Å². The van der Waals surface area contributed by atoms with Gasteiger partial charge in [-0.2, -0.15) is 0 Å². The predicted octanol–water partition coefficient (Wildman–Crippen LogP) is 23.4. The fraction of sp³-hybridized carbons (Fsp3) is 0.767. The average molecular weight is 1100 g/mol. The van der Waals surface area contributed by atoms with Crippen LogP contribution in [0.2, 0.25) is 0 Å².